The number of piperidine rings is 1. The van der Waals surface area contributed by atoms with Crippen LogP contribution in [0.4, 0.5) is 23.1 Å². The summed E-state index contributed by atoms with van der Waals surface area (Å²) in [6.45, 7) is 5.25. The third-order valence-electron chi connectivity index (χ3n) is 8.64. The van der Waals surface area contributed by atoms with Crippen LogP contribution in [0, 0.1) is 0 Å². The van der Waals surface area contributed by atoms with Crippen molar-refractivity contribution in [2.24, 2.45) is 0 Å². The molecule has 10 nitrogen and oxygen atoms in total. The summed E-state index contributed by atoms with van der Waals surface area (Å²) in [4.78, 5) is 13.7. The lowest BCUT2D eigenvalue weighted by molar-refractivity contribution is 0.0425. The number of aryl methyl sites for hydroxylation is 2. The van der Waals surface area contributed by atoms with E-state index in [1.54, 1.807) is 13.3 Å². The van der Waals surface area contributed by atoms with Crippen molar-refractivity contribution in [1.82, 2.24) is 14.9 Å². The van der Waals surface area contributed by atoms with Crippen molar-refractivity contribution in [3.8, 4) is 11.5 Å². The zero-order chi connectivity index (χ0) is 29.6. The number of aliphatic hydroxyl groups excluding tert-OH is 1. The average Bonchev–Trinajstić information content (AvgIpc) is 3.25. The number of fused-ring (bicyclic) bond motifs is 1. The van der Waals surface area contributed by atoms with E-state index in [9.17, 15) is 5.11 Å². The molecule has 0 bridgehead atoms. The molecule has 0 amide bonds. The zero-order valence-corrected chi connectivity index (χ0v) is 25.5. The predicted molar refractivity (Wildman–Crippen MR) is 169 cm³/mol. The Labute approximate surface area is 258 Å². The van der Waals surface area contributed by atoms with Gasteiger partial charge in [0, 0.05) is 37.4 Å². The van der Waals surface area contributed by atoms with Crippen molar-refractivity contribution in [3.63, 3.8) is 0 Å². The fourth-order valence-electron chi connectivity index (χ4n) is 6.29. The maximum Gasteiger partial charge on any atom is 0.227 e. The second-order valence-corrected chi connectivity index (χ2v) is 11.8. The Kier molecular flexibility index (Phi) is 9.67. The van der Waals surface area contributed by atoms with E-state index in [0.717, 1.165) is 95.0 Å². The van der Waals surface area contributed by atoms with Gasteiger partial charge in [0.05, 0.1) is 38.3 Å². The quantitative estimate of drug-likeness (QED) is 0.230. The maximum atomic E-state index is 10.1. The summed E-state index contributed by atoms with van der Waals surface area (Å²) < 4.78 is 17.2. The van der Waals surface area contributed by atoms with Crippen LogP contribution in [0.1, 0.15) is 36.8 Å². The minimum Gasteiger partial charge on any atom is -0.494 e. The van der Waals surface area contributed by atoms with E-state index in [1.807, 2.05) is 18.2 Å². The third kappa shape index (κ3) is 7.44. The summed E-state index contributed by atoms with van der Waals surface area (Å²) in [5.74, 6) is 2.38. The first-order valence-corrected chi connectivity index (χ1v) is 15.6. The number of benzene rings is 2. The van der Waals surface area contributed by atoms with E-state index in [4.69, 9.17) is 25.8 Å². The number of nitrogens with one attached hydrogen (secondary N) is 2. The molecule has 43 heavy (non-hydrogen) atoms. The lowest BCUT2D eigenvalue weighted by Crippen LogP contribution is -2.44. The highest BCUT2D eigenvalue weighted by atomic mass is 35.5. The average molecular weight is 609 g/mol. The monoisotopic (exact) mass is 608 g/mol. The van der Waals surface area contributed by atoms with E-state index >= 15 is 0 Å². The lowest BCUT2D eigenvalue weighted by atomic mass is 10.0. The highest BCUT2D eigenvalue weighted by Crippen LogP contribution is 2.34. The predicted octanol–water partition coefficient (Wildman–Crippen LogP) is 4.87. The molecule has 2 saturated heterocycles. The fourth-order valence-corrected chi connectivity index (χ4v) is 6.43. The number of anilines is 4. The number of rotatable bonds is 9. The first-order valence-electron chi connectivity index (χ1n) is 15.3. The number of hydrogen-bond acceptors (Lipinski definition) is 10. The first kappa shape index (κ1) is 29.7. The van der Waals surface area contributed by atoms with Crippen LogP contribution in [0.5, 0.6) is 11.5 Å². The number of nitrogens with zero attached hydrogens (tertiary/aromatic N) is 4. The van der Waals surface area contributed by atoms with E-state index in [2.05, 4.69) is 48.6 Å². The van der Waals surface area contributed by atoms with Gasteiger partial charge in [-0.1, -0.05) is 17.7 Å². The molecule has 2 aromatic carbocycles. The van der Waals surface area contributed by atoms with Gasteiger partial charge in [-0.05, 0) is 80.5 Å². The summed E-state index contributed by atoms with van der Waals surface area (Å²) in [7, 11) is 1.65. The van der Waals surface area contributed by atoms with Crippen LogP contribution in [0.2, 0.25) is 5.02 Å². The second-order valence-electron chi connectivity index (χ2n) is 11.4. The van der Waals surface area contributed by atoms with Crippen molar-refractivity contribution in [2.75, 3.05) is 68.8 Å². The summed E-state index contributed by atoms with van der Waals surface area (Å²) >= 11 is 6.45. The SMILES string of the molecule is COc1cc(N2CCOCC2)ccc1Nc1nc(NCOc2ccc3c(c2)CCC(N2CCCC(O)C2)CC3)ncc1Cl. The second kappa shape index (κ2) is 14.0. The molecule has 2 fully saturated rings. The van der Waals surface area contributed by atoms with Crippen LogP contribution in [-0.4, -0.2) is 85.4 Å². The molecule has 2 aliphatic heterocycles. The van der Waals surface area contributed by atoms with Crippen LogP contribution in [0.3, 0.4) is 0 Å². The van der Waals surface area contributed by atoms with Crippen LogP contribution < -0.4 is 25.0 Å². The van der Waals surface area contributed by atoms with Crippen LogP contribution in [0.25, 0.3) is 0 Å². The number of β-amino-alcohol motifs (C(OH)–C–C–N with tert-alkyl or cyclic N) is 1. The molecule has 3 aromatic rings. The van der Waals surface area contributed by atoms with Gasteiger partial charge in [-0.15, -0.1) is 0 Å². The summed E-state index contributed by atoms with van der Waals surface area (Å²) in [5.41, 5.74) is 4.58. The number of aliphatic hydroxyl groups is 1. The van der Waals surface area contributed by atoms with Crippen molar-refractivity contribution >= 4 is 34.7 Å². The fraction of sp³-hybridized carbons (Fsp3) is 0.500. The third-order valence-corrected chi connectivity index (χ3v) is 8.92. The Hall–Kier alpha value is -3.31. The van der Waals surface area contributed by atoms with Crippen molar-refractivity contribution < 1.29 is 19.3 Å². The van der Waals surface area contributed by atoms with Crippen molar-refractivity contribution in [2.45, 2.75) is 50.7 Å². The molecule has 3 heterocycles. The highest BCUT2D eigenvalue weighted by Gasteiger charge is 2.26. The van der Waals surface area contributed by atoms with Crippen LogP contribution >= 0.6 is 11.6 Å². The van der Waals surface area contributed by atoms with Crippen LogP contribution in [-0.2, 0) is 17.6 Å². The molecule has 6 rings (SSSR count). The molecule has 0 radical (unpaired) electrons. The molecule has 0 saturated carbocycles. The van der Waals surface area contributed by atoms with Gasteiger partial charge in [-0.3, -0.25) is 4.90 Å². The van der Waals surface area contributed by atoms with Gasteiger partial charge in [0.15, 0.2) is 12.5 Å². The minimum atomic E-state index is -0.182. The molecule has 3 aliphatic rings. The summed E-state index contributed by atoms with van der Waals surface area (Å²) in [5, 5.41) is 17.0. The first-order chi connectivity index (χ1) is 21.1. The minimum absolute atomic E-state index is 0.182. The van der Waals surface area contributed by atoms with Gasteiger partial charge < -0.3 is 34.9 Å². The van der Waals surface area contributed by atoms with E-state index in [0.29, 0.717) is 28.6 Å². The highest BCUT2D eigenvalue weighted by molar-refractivity contribution is 6.32. The Morgan fingerprint density at radius 1 is 1.05 bits per heavy atom. The van der Waals surface area contributed by atoms with E-state index in [1.165, 1.54) is 11.1 Å². The Bertz CT molecular complexity index is 1390. The summed E-state index contributed by atoms with van der Waals surface area (Å²) in [6, 6.07) is 12.9. The number of ether oxygens (including phenoxy) is 3. The normalized spacial score (nSPS) is 21.0. The van der Waals surface area contributed by atoms with E-state index < -0.39 is 0 Å². The number of aromatic nitrogens is 2. The standard InChI is InChI=1S/C32H41ClN6O4/c1-41-30-18-25(38-13-15-42-16-14-38)9-11-29(30)36-31-28(33)19-34-32(37-31)35-21-43-27-10-6-22-4-7-24(8-5-23(22)17-27)39-12-2-3-26(40)20-39/h6,9-11,17-19,24,26,40H,2-5,7-8,12-16,20-21H2,1H3,(H2,34,35,36,37). The molecule has 2 atom stereocenters. The van der Waals surface area contributed by atoms with Crippen molar-refractivity contribution in [1.29, 1.82) is 0 Å². The topological polar surface area (TPSA) is 104 Å². The molecule has 1 aliphatic carbocycles. The number of hydrogen-bond donors (Lipinski definition) is 3. The van der Waals surface area contributed by atoms with Gasteiger partial charge >= 0.3 is 0 Å². The molecule has 0 spiro atoms. The smallest absolute Gasteiger partial charge is 0.227 e. The van der Waals surface area contributed by atoms with Crippen LogP contribution in [0.15, 0.2) is 42.6 Å². The van der Waals surface area contributed by atoms with Gasteiger partial charge in [0.2, 0.25) is 5.95 Å². The largest absolute Gasteiger partial charge is 0.494 e. The number of halogens is 1. The molecular weight excluding hydrogens is 568 g/mol. The number of methoxy groups -OCH3 is 1. The number of likely N-dealkylation sites (tertiary alicyclic amines) is 1. The number of morpholine rings is 1. The van der Waals surface area contributed by atoms with E-state index in [-0.39, 0.29) is 12.8 Å². The van der Waals surface area contributed by atoms with Gasteiger partial charge in [-0.2, -0.15) is 4.98 Å². The molecule has 2 unspecified atom stereocenters. The molecule has 11 heteroatoms. The Balaban J connectivity index is 1.05. The van der Waals surface area contributed by atoms with Gasteiger partial charge in [-0.25, -0.2) is 4.98 Å². The zero-order valence-electron chi connectivity index (χ0n) is 24.7. The molecular formula is C32H41ClN6O4. The van der Waals surface area contributed by atoms with Gasteiger partial charge in [0.1, 0.15) is 16.5 Å². The lowest BCUT2D eigenvalue weighted by Gasteiger charge is -2.36. The Morgan fingerprint density at radius 2 is 1.88 bits per heavy atom. The molecule has 3 N–H and O–H groups in total. The molecule has 1 aromatic heterocycles. The summed E-state index contributed by atoms with van der Waals surface area (Å²) in [6.07, 6.45) is 7.71. The van der Waals surface area contributed by atoms with Crippen molar-refractivity contribution in [3.05, 3.63) is 58.7 Å². The Morgan fingerprint density at radius 3 is 2.70 bits per heavy atom. The maximum absolute atomic E-state index is 10.1. The molecule has 230 valence electrons. The van der Waals surface area contributed by atoms with Gasteiger partial charge in [0.25, 0.3) is 0 Å².